The third kappa shape index (κ3) is 3.42. The molecule has 2 rings (SSSR count). The molecular formula is C17H26N2O3S. The van der Waals surface area contributed by atoms with Crippen molar-refractivity contribution in [2.75, 3.05) is 13.1 Å². The molecule has 0 spiro atoms. The highest BCUT2D eigenvalue weighted by Gasteiger charge is 2.48. The molecular weight excluding hydrogens is 312 g/mol. The summed E-state index contributed by atoms with van der Waals surface area (Å²) in [5.41, 5.74) is 0.0259. The molecule has 1 aromatic rings. The van der Waals surface area contributed by atoms with Crippen LogP contribution in [-0.4, -0.2) is 40.0 Å². The molecule has 1 aliphatic heterocycles. The van der Waals surface area contributed by atoms with Crippen LogP contribution in [0.15, 0.2) is 0 Å². The number of carbonyl (C=O) groups excluding carboxylic acids is 1. The first-order valence-electron chi connectivity index (χ1n) is 8.16. The van der Waals surface area contributed by atoms with Crippen LogP contribution in [0.4, 0.5) is 0 Å². The standard InChI is InChI=1S/C17H26N2O3S/c1-10(2)8-13-14(23-12(5)18-13)15(20)19-7-6-17(9-19,11(3)4)16(21)22/h10-11H,6-9H2,1-5H3,(H,21,22). The predicted octanol–water partition coefficient (Wildman–Crippen LogP) is 3.22. The van der Waals surface area contributed by atoms with Gasteiger partial charge in [0.25, 0.3) is 5.91 Å². The van der Waals surface area contributed by atoms with E-state index in [1.165, 1.54) is 11.3 Å². The lowest BCUT2D eigenvalue weighted by Crippen LogP contribution is -2.40. The molecule has 5 nitrogen and oxygen atoms in total. The quantitative estimate of drug-likeness (QED) is 0.895. The molecule has 6 heteroatoms. The van der Waals surface area contributed by atoms with Crippen LogP contribution in [0, 0.1) is 24.2 Å². The van der Waals surface area contributed by atoms with Gasteiger partial charge in [-0.2, -0.15) is 0 Å². The molecule has 128 valence electrons. The summed E-state index contributed by atoms with van der Waals surface area (Å²) >= 11 is 1.42. The maximum atomic E-state index is 12.9. The lowest BCUT2D eigenvalue weighted by molar-refractivity contribution is -0.150. The zero-order chi connectivity index (χ0) is 17.4. The van der Waals surface area contributed by atoms with E-state index in [1.807, 2.05) is 20.8 Å². The van der Waals surface area contributed by atoms with Crippen LogP contribution < -0.4 is 0 Å². The van der Waals surface area contributed by atoms with Gasteiger partial charge >= 0.3 is 5.97 Å². The second-order valence-corrected chi connectivity index (χ2v) is 8.40. The number of aryl methyl sites for hydroxylation is 1. The van der Waals surface area contributed by atoms with Gasteiger partial charge in [-0.15, -0.1) is 11.3 Å². The number of carboxylic acid groups (broad SMARTS) is 1. The predicted molar refractivity (Wildman–Crippen MR) is 90.8 cm³/mol. The Labute approximate surface area is 141 Å². The first-order valence-corrected chi connectivity index (χ1v) is 8.98. The van der Waals surface area contributed by atoms with Crippen LogP contribution in [0.25, 0.3) is 0 Å². The number of amides is 1. The lowest BCUT2D eigenvalue weighted by Gasteiger charge is -2.28. The molecule has 1 amide bonds. The van der Waals surface area contributed by atoms with Gasteiger partial charge in [-0.25, -0.2) is 4.98 Å². The number of carboxylic acids is 1. The van der Waals surface area contributed by atoms with Crippen molar-refractivity contribution in [1.29, 1.82) is 0 Å². The van der Waals surface area contributed by atoms with Crippen LogP contribution >= 0.6 is 11.3 Å². The summed E-state index contributed by atoms with van der Waals surface area (Å²) < 4.78 is 0. The maximum absolute atomic E-state index is 12.9. The van der Waals surface area contributed by atoms with Crippen LogP contribution in [0.1, 0.15) is 54.5 Å². The highest BCUT2D eigenvalue weighted by molar-refractivity contribution is 7.13. The summed E-state index contributed by atoms with van der Waals surface area (Å²) in [7, 11) is 0. The Morgan fingerprint density at radius 1 is 1.35 bits per heavy atom. The largest absolute Gasteiger partial charge is 0.481 e. The van der Waals surface area contributed by atoms with Gasteiger partial charge in [0.15, 0.2) is 0 Å². The van der Waals surface area contributed by atoms with Gasteiger partial charge in [-0.1, -0.05) is 27.7 Å². The number of aliphatic carboxylic acids is 1. The van der Waals surface area contributed by atoms with E-state index >= 15 is 0 Å². The molecule has 0 aromatic carbocycles. The van der Waals surface area contributed by atoms with E-state index in [0.717, 1.165) is 17.1 Å². The Morgan fingerprint density at radius 2 is 2.00 bits per heavy atom. The average molecular weight is 338 g/mol. The summed E-state index contributed by atoms with van der Waals surface area (Å²) in [6.07, 6.45) is 1.29. The summed E-state index contributed by atoms with van der Waals surface area (Å²) in [4.78, 5) is 31.5. The fraction of sp³-hybridized carbons (Fsp3) is 0.706. The third-order valence-electron chi connectivity index (χ3n) is 4.72. The fourth-order valence-electron chi connectivity index (χ4n) is 3.21. The summed E-state index contributed by atoms with van der Waals surface area (Å²) in [6.45, 7) is 10.7. The van der Waals surface area contributed by atoms with Crippen LogP contribution in [0.3, 0.4) is 0 Å². The molecule has 0 saturated carbocycles. The molecule has 0 bridgehead atoms. The Kier molecular flexibility index (Phi) is 5.14. The van der Waals surface area contributed by atoms with Crippen molar-refractivity contribution >= 4 is 23.2 Å². The van der Waals surface area contributed by atoms with Crippen molar-refractivity contribution in [2.24, 2.45) is 17.3 Å². The van der Waals surface area contributed by atoms with E-state index in [4.69, 9.17) is 0 Å². The van der Waals surface area contributed by atoms with Gasteiger partial charge in [-0.05, 0) is 31.6 Å². The summed E-state index contributed by atoms with van der Waals surface area (Å²) in [5, 5.41) is 10.5. The van der Waals surface area contributed by atoms with Crippen molar-refractivity contribution in [2.45, 2.75) is 47.5 Å². The van der Waals surface area contributed by atoms with Gasteiger partial charge in [0, 0.05) is 13.1 Å². The number of aromatic nitrogens is 1. The van der Waals surface area contributed by atoms with Crippen molar-refractivity contribution in [1.82, 2.24) is 9.88 Å². The number of hydrogen-bond acceptors (Lipinski definition) is 4. The third-order valence-corrected chi connectivity index (χ3v) is 5.72. The zero-order valence-corrected chi connectivity index (χ0v) is 15.4. The van der Waals surface area contributed by atoms with E-state index < -0.39 is 11.4 Å². The molecule has 1 fully saturated rings. The van der Waals surface area contributed by atoms with Gasteiger partial charge < -0.3 is 10.0 Å². The minimum atomic E-state index is -0.826. The van der Waals surface area contributed by atoms with E-state index in [9.17, 15) is 14.7 Å². The van der Waals surface area contributed by atoms with E-state index in [-0.39, 0.29) is 18.4 Å². The Balaban J connectivity index is 2.24. The van der Waals surface area contributed by atoms with Crippen molar-refractivity contribution < 1.29 is 14.7 Å². The fourth-order valence-corrected chi connectivity index (χ4v) is 4.12. The number of likely N-dealkylation sites (tertiary alicyclic amines) is 1. The summed E-state index contributed by atoms with van der Waals surface area (Å²) in [5.74, 6) is -0.438. The topological polar surface area (TPSA) is 70.5 Å². The van der Waals surface area contributed by atoms with Crippen LogP contribution in [-0.2, 0) is 11.2 Å². The van der Waals surface area contributed by atoms with Crippen molar-refractivity contribution in [3.63, 3.8) is 0 Å². The Hall–Kier alpha value is -1.43. The Morgan fingerprint density at radius 3 is 2.48 bits per heavy atom. The molecule has 0 radical (unpaired) electrons. The van der Waals surface area contributed by atoms with Gasteiger partial charge in [0.05, 0.1) is 16.1 Å². The summed E-state index contributed by atoms with van der Waals surface area (Å²) in [6, 6.07) is 0. The van der Waals surface area contributed by atoms with Crippen molar-refractivity contribution in [3.8, 4) is 0 Å². The second-order valence-electron chi connectivity index (χ2n) is 7.20. The van der Waals surface area contributed by atoms with Crippen LogP contribution in [0.2, 0.25) is 0 Å². The SMILES string of the molecule is Cc1nc(CC(C)C)c(C(=O)N2CCC(C(=O)O)(C(C)C)C2)s1. The molecule has 1 saturated heterocycles. The maximum Gasteiger partial charge on any atom is 0.311 e. The lowest BCUT2D eigenvalue weighted by atomic mass is 9.76. The molecule has 2 heterocycles. The van der Waals surface area contributed by atoms with E-state index in [1.54, 1.807) is 4.90 Å². The number of thiazole rings is 1. The molecule has 1 N–H and O–H groups in total. The minimum absolute atomic E-state index is 0.00358. The number of carbonyl (C=O) groups is 2. The first kappa shape index (κ1) is 17.9. The minimum Gasteiger partial charge on any atom is -0.481 e. The average Bonchev–Trinajstić information content (AvgIpc) is 3.02. The zero-order valence-electron chi connectivity index (χ0n) is 14.5. The van der Waals surface area contributed by atoms with Gasteiger partial charge in [0.1, 0.15) is 4.88 Å². The second kappa shape index (κ2) is 6.59. The Bertz CT molecular complexity index is 609. The van der Waals surface area contributed by atoms with Crippen molar-refractivity contribution in [3.05, 3.63) is 15.6 Å². The highest BCUT2D eigenvalue weighted by atomic mass is 32.1. The van der Waals surface area contributed by atoms with E-state index in [0.29, 0.717) is 23.8 Å². The van der Waals surface area contributed by atoms with E-state index in [2.05, 4.69) is 18.8 Å². The molecule has 1 atom stereocenters. The molecule has 23 heavy (non-hydrogen) atoms. The first-order chi connectivity index (χ1) is 10.7. The monoisotopic (exact) mass is 338 g/mol. The smallest absolute Gasteiger partial charge is 0.311 e. The number of rotatable bonds is 5. The molecule has 0 aliphatic carbocycles. The molecule has 1 unspecified atom stereocenters. The number of hydrogen-bond donors (Lipinski definition) is 1. The normalized spacial score (nSPS) is 21.4. The van der Waals surface area contributed by atoms with Gasteiger partial charge in [0.2, 0.25) is 0 Å². The highest BCUT2D eigenvalue weighted by Crippen LogP contribution is 2.39. The molecule has 1 aromatic heterocycles. The van der Waals surface area contributed by atoms with Gasteiger partial charge in [-0.3, -0.25) is 9.59 Å². The number of nitrogens with zero attached hydrogens (tertiary/aromatic N) is 2. The molecule has 1 aliphatic rings. The van der Waals surface area contributed by atoms with Crippen LogP contribution in [0.5, 0.6) is 0 Å².